The van der Waals surface area contributed by atoms with E-state index in [2.05, 4.69) is 33.5 Å². The fourth-order valence-corrected chi connectivity index (χ4v) is 4.77. The zero-order valence-electron chi connectivity index (χ0n) is 16.6. The SMILES string of the molecule is CCC(CC)Cn1c(=O)c(C2=NS(O)(O)c3ccccc3N2)c(O)c2cncnc21. The summed E-state index contributed by atoms with van der Waals surface area (Å²) in [7, 11) is -3.54. The number of hydrogen-bond donors (Lipinski definition) is 4. The lowest BCUT2D eigenvalue weighted by Gasteiger charge is -2.34. The second kappa shape index (κ2) is 7.71. The third kappa shape index (κ3) is 3.32. The molecule has 0 saturated carbocycles. The van der Waals surface area contributed by atoms with Crippen molar-refractivity contribution in [3.8, 4) is 5.75 Å². The molecule has 9 nitrogen and oxygen atoms in total. The molecule has 2 aromatic heterocycles. The minimum absolute atomic E-state index is 0.0970. The highest BCUT2D eigenvalue weighted by Crippen LogP contribution is 2.55. The summed E-state index contributed by atoms with van der Waals surface area (Å²) in [4.78, 5) is 21.9. The third-order valence-corrected chi connectivity index (χ3v) is 6.77. The van der Waals surface area contributed by atoms with E-state index in [0.29, 0.717) is 17.9 Å². The lowest BCUT2D eigenvalue weighted by molar-refractivity contribution is 0.414. The first-order chi connectivity index (χ1) is 14.4. The first kappa shape index (κ1) is 20.3. The number of aromatic nitrogens is 3. The first-order valence-corrected chi connectivity index (χ1v) is 11.2. The number of aromatic hydroxyl groups is 1. The van der Waals surface area contributed by atoms with Crippen LogP contribution in [0.4, 0.5) is 5.69 Å². The van der Waals surface area contributed by atoms with E-state index < -0.39 is 16.3 Å². The van der Waals surface area contributed by atoms with E-state index in [9.17, 15) is 19.0 Å². The standard InChI is InChI=1S/C20H23N5O4S/c1-3-12(4-2)10-25-19-13(9-21-11-22-19)17(26)16(20(25)27)18-23-14-7-5-6-8-15(14)30(28,29)24-18/h5-9,11-12,26,28-29H,3-4,10H2,1-2H3,(H,23,24). The van der Waals surface area contributed by atoms with Crippen molar-refractivity contribution in [2.24, 2.45) is 10.3 Å². The number of fused-ring (bicyclic) bond motifs is 2. The maximum atomic E-state index is 13.5. The monoisotopic (exact) mass is 429 g/mol. The average Bonchev–Trinajstić information content (AvgIpc) is 2.74. The summed E-state index contributed by atoms with van der Waals surface area (Å²) in [6, 6.07) is 6.60. The van der Waals surface area contributed by atoms with Crippen molar-refractivity contribution in [3.05, 3.63) is 52.7 Å². The molecule has 1 aliphatic heterocycles. The molecule has 30 heavy (non-hydrogen) atoms. The molecular weight excluding hydrogens is 406 g/mol. The average molecular weight is 430 g/mol. The van der Waals surface area contributed by atoms with Crippen molar-refractivity contribution in [1.82, 2.24) is 14.5 Å². The van der Waals surface area contributed by atoms with Crippen molar-refractivity contribution >= 4 is 33.3 Å². The molecule has 1 aromatic carbocycles. The summed E-state index contributed by atoms with van der Waals surface area (Å²) < 4.78 is 26.6. The molecule has 10 heteroatoms. The Hall–Kier alpha value is -2.95. The van der Waals surface area contributed by atoms with E-state index in [4.69, 9.17) is 0 Å². The summed E-state index contributed by atoms with van der Waals surface area (Å²) in [6.45, 7) is 4.51. The molecule has 0 fully saturated rings. The Morgan fingerprint density at radius 1 is 1.20 bits per heavy atom. The molecule has 0 spiro atoms. The maximum Gasteiger partial charge on any atom is 0.267 e. The third-order valence-electron chi connectivity index (χ3n) is 5.38. The van der Waals surface area contributed by atoms with Gasteiger partial charge >= 0.3 is 0 Å². The van der Waals surface area contributed by atoms with Gasteiger partial charge in [0, 0.05) is 12.7 Å². The van der Waals surface area contributed by atoms with Crippen LogP contribution in [0.5, 0.6) is 5.75 Å². The van der Waals surface area contributed by atoms with Crippen LogP contribution < -0.4 is 10.9 Å². The molecule has 1 aliphatic rings. The van der Waals surface area contributed by atoms with Crippen LogP contribution in [0.15, 0.2) is 50.9 Å². The second-order valence-corrected chi connectivity index (χ2v) is 8.82. The van der Waals surface area contributed by atoms with Gasteiger partial charge in [0.15, 0.2) is 5.84 Å². The van der Waals surface area contributed by atoms with Crippen LogP contribution in [-0.4, -0.2) is 34.6 Å². The summed E-state index contributed by atoms with van der Waals surface area (Å²) in [5, 5.41) is 14.2. The minimum Gasteiger partial charge on any atom is -0.506 e. The van der Waals surface area contributed by atoms with Gasteiger partial charge in [-0.15, -0.1) is 4.40 Å². The normalized spacial score (nSPS) is 16.1. The quantitative estimate of drug-likeness (QED) is 0.484. The van der Waals surface area contributed by atoms with E-state index in [0.717, 1.165) is 12.8 Å². The van der Waals surface area contributed by atoms with Crippen LogP contribution in [0.1, 0.15) is 32.3 Å². The van der Waals surface area contributed by atoms with Crippen LogP contribution >= 0.6 is 10.8 Å². The molecule has 0 atom stereocenters. The van der Waals surface area contributed by atoms with Gasteiger partial charge in [0.25, 0.3) is 5.56 Å². The Labute approximate surface area is 174 Å². The van der Waals surface area contributed by atoms with Crippen molar-refractivity contribution in [1.29, 1.82) is 0 Å². The lowest BCUT2D eigenvalue weighted by Crippen LogP contribution is -2.33. The summed E-state index contributed by atoms with van der Waals surface area (Å²) in [5.41, 5.74) is 0.0907. The highest BCUT2D eigenvalue weighted by atomic mass is 32.3. The number of rotatable bonds is 5. The molecule has 0 saturated heterocycles. The number of para-hydroxylation sites is 1. The van der Waals surface area contributed by atoms with Crippen molar-refractivity contribution < 1.29 is 14.2 Å². The van der Waals surface area contributed by atoms with Crippen LogP contribution in [0.3, 0.4) is 0 Å². The highest BCUT2D eigenvalue weighted by Gasteiger charge is 2.30. The predicted molar refractivity (Wildman–Crippen MR) is 117 cm³/mol. The minimum atomic E-state index is -3.54. The highest BCUT2D eigenvalue weighted by molar-refractivity contribution is 8.23. The topological polar surface area (TPSA) is 133 Å². The second-order valence-electron chi connectivity index (χ2n) is 7.16. The van der Waals surface area contributed by atoms with Crippen LogP contribution in [-0.2, 0) is 6.54 Å². The van der Waals surface area contributed by atoms with Crippen molar-refractivity contribution in [3.63, 3.8) is 0 Å². The number of pyridine rings is 1. The molecule has 158 valence electrons. The molecule has 3 heterocycles. The van der Waals surface area contributed by atoms with Gasteiger partial charge in [-0.2, -0.15) is 0 Å². The Morgan fingerprint density at radius 3 is 2.67 bits per heavy atom. The molecule has 4 N–H and O–H groups in total. The molecule has 0 radical (unpaired) electrons. The zero-order chi connectivity index (χ0) is 21.5. The Kier molecular flexibility index (Phi) is 5.22. The number of nitrogens with one attached hydrogen (secondary N) is 1. The number of nitrogens with zero attached hydrogens (tertiary/aromatic N) is 4. The molecule has 0 bridgehead atoms. The smallest absolute Gasteiger partial charge is 0.267 e. The summed E-state index contributed by atoms with van der Waals surface area (Å²) >= 11 is 0. The first-order valence-electron chi connectivity index (χ1n) is 9.67. The summed E-state index contributed by atoms with van der Waals surface area (Å²) in [5.74, 6) is -0.210. The van der Waals surface area contributed by atoms with Gasteiger partial charge in [0.2, 0.25) is 0 Å². The van der Waals surface area contributed by atoms with Crippen LogP contribution in [0, 0.1) is 5.92 Å². The molecule has 0 unspecified atom stereocenters. The summed E-state index contributed by atoms with van der Waals surface area (Å²) in [6.07, 6.45) is 4.50. The van der Waals surface area contributed by atoms with Crippen LogP contribution in [0.2, 0.25) is 0 Å². The van der Waals surface area contributed by atoms with E-state index in [-0.39, 0.29) is 33.3 Å². The fourth-order valence-electron chi connectivity index (χ4n) is 3.60. The van der Waals surface area contributed by atoms with E-state index in [1.54, 1.807) is 24.3 Å². The Bertz CT molecular complexity index is 1200. The predicted octanol–water partition coefficient (Wildman–Crippen LogP) is 3.83. The number of amidine groups is 1. The molecular formula is C20H23N5O4S. The maximum absolute atomic E-state index is 13.5. The Morgan fingerprint density at radius 2 is 1.93 bits per heavy atom. The van der Waals surface area contributed by atoms with Crippen molar-refractivity contribution in [2.45, 2.75) is 38.1 Å². The Balaban J connectivity index is 1.96. The molecule has 0 aliphatic carbocycles. The molecule has 4 rings (SSSR count). The molecule has 3 aromatic rings. The van der Waals surface area contributed by atoms with Gasteiger partial charge in [-0.3, -0.25) is 18.5 Å². The zero-order valence-corrected chi connectivity index (χ0v) is 17.4. The van der Waals surface area contributed by atoms with Gasteiger partial charge in [0.1, 0.15) is 28.2 Å². The van der Waals surface area contributed by atoms with Gasteiger partial charge in [-0.05, 0) is 18.1 Å². The van der Waals surface area contributed by atoms with E-state index in [1.165, 1.54) is 17.1 Å². The molecule has 0 amide bonds. The van der Waals surface area contributed by atoms with E-state index in [1.807, 2.05) is 0 Å². The fraction of sp³-hybridized carbons (Fsp3) is 0.300. The van der Waals surface area contributed by atoms with Gasteiger partial charge < -0.3 is 10.4 Å². The van der Waals surface area contributed by atoms with Gasteiger partial charge in [0.05, 0.1) is 11.1 Å². The number of hydrogen-bond acceptors (Lipinski definition) is 8. The number of anilines is 1. The van der Waals surface area contributed by atoms with Gasteiger partial charge in [-0.25, -0.2) is 9.97 Å². The van der Waals surface area contributed by atoms with E-state index >= 15 is 0 Å². The lowest BCUT2D eigenvalue weighted by atomic mass is 10.0. The van der Waals surface area contributed by atoms with Crippen molar-refractivity contribution in [2.75, 3.05) is 5.32 Å². The largest absolute Gasteiger partial charge is 0.506 e. The van der Waals surface area contributed by atoms with Gasteiger partial charge in [-0.1, -0.05) is 49.6 Å². The van der Waals surface area contributed by atoms with Crippen LogP contribution in [0.25, 0.3) is 11.0 Å². The number of benzene rings is 1.